The van der Waals surface area contributed by atoms with Crippen LogP contribution in [-0.2, 0) is 0 Å². The molecule has 0 atom stereocenters. The van der Waals surface area contributed by atoms with Crippen LogP contribution < -0.4 is 0 Å². The number of halogens is 1. The highest BCUT2D eigenvalue weighted by atomic mass is 79.9. The van der Waals surface area contributed by atoms with Crippen LogP contribution in [0.1, 0.15) is 5.76 Å². The first-order valence-corrected chi connectivity index (χ1v) is 2.88. The minimum absolute atomic E-state index is 0.567. The molecule has 0 spiro atoms. The standard InChI is InChI=1S/C5H4BrNO/c6-5-2-1-4(3-7)8-5/h1-3,7H. The predicted octanol–water partition coefficient (Wildman–Crippen LogP) is 2.04. The molecule has 1 aromatic rings. The summed E-state index contributed by atoms with van der Waals surface area (Å²) in [5.41, 5.74) is 0. The van der Waals surface area contributed by atoms with Gasteiger partial charge in [0.1, 0.15) is 5.76 Å². The summed E-state index contributed by atoms with van der Waals surface area (Å²) in [5, 5.41) is 6.72. The molecule has 1 aromatic heterocycles. The van der Waals surface area contributed by atoms with Gasteiger partial charge in [0.15, 0.2) is 4.67 Å². The monoisotopic (exact) mass is 173 g/mol. The molecule has 0 saturated heterocycles. The maximum atomic E-state index is 6.72. The third kappa shape index (κ3) is 0.980. The second kappa shape index (κ2) is 2.13. The van der Waals surface area contributed by atoms with E-state index >= 15 is 0 Å². The number of furan rings is 1. The highest BCUT2D eigenvalue weighted by molar-refractivity contribution is 9.10. The van der Waals surface area contributed by atoms with Crippen molar-refractivity contribution in [3.8, 4) is 0 Å². The number of hydrogen-bond donors (Lipinski definition) is 1. The molecule has 1 heterocycles. The van der Waals surface area contributed by atoms with Crippen molar-refractivity contribution in [1.82, 2.24) is 0 Å². The number of hydrogen-bond acceptors (Lipinski definition) is 2. The average Bonchev–Trinajstić information content (AvgIpc) is 2.14. The van der Waals surface area contributed by atoms with Gasteiger partial charge in [-0.3, -0.25) is 0 Å². The van der Waals surface area contributed by atoms with Crippen molar-refractivity contribution in [1.29, 1.82) is 5.41 Å². The second-order valence-corrected chi connectivity index (χ2v) is 2.07. The fourth-order valence-corrected chi connectivity index (χ4v) is 0.725. The molecule has 0 fully saturated rings. The van der Waals surface area contributed by atoms with Gasteiger partial charge in [0.2, 0.25) is 0 Å². The van der Waals surface area contributed by atoms with E-state index in [2.05, 4.69) is 15.9 Å². The van der Waals surface area contributed by atoms with Gasteiger partial charge in [-0.15, -0.1) is 0 Å². The third-order valence-corrected chi connectivity index (χ3v) is 1.16. The largest absolute Gasteiger partial charge is 0.448 e. The Bertz CT molecular complexity index is 194. The minimum atomic E-state index is 0.567. The summed E-state index contributed by atoms with van der Waals surface area (Å²) in [6, 6.07) is 3.47. The van der Waals surface area contributed by atoms with E-state index in [9.17, 15) is 0 Å². The molecule has 2 nitrogen and oxygen atoms in total. The fourth-order valence-electron chi connectivity index (χ4n) is 0.406. The lowest BCUT2D eigenvalue weighted by Gasteiger charge is -1.75. The zero-order valence-electron chi connectivity index (χ0n) is 4.02. The predicted molar refractivity (Wildman–Crippen MR) is 34.3 cm³/mol. The van der Waals surface area contributed by atoms with Gasteiger partial charge in [-0.2, -0.15) is 0 Å². The Labute approximate surface area is 55.1 Å². The van der Waals surface area contributed by atoms with Gasteiger partial charge < -0.3 is 9.83 Å². The van der Waals surface area contributed by atoms with E-state index in [-0.39, 0.29) is 0 Å². The molecule has 0 aliphatic rings. The van der Waals surface area contributed by atoms with Crippen LogP contribution in [0.2, 0.25) is 0 Å². The van der Waals surface area contributed by atoms with Gasteiger partial charge in [0.05, 0.1) is 6.21 Å². The van der Waals surface area contributed by atoms with Gasteiger partial charge in [-0.25, -0.2) is 0 Å². The van der Waals surface area contributed by atoms with Crippen molar-refractivity contribution in [2.24, 2.45) is 0 Å². The number of rotatable bonds is 1. The van der Waals surface area contributed by atoms with Crippen LogP contribution in [-0.4, -0.2) is 6.21 Å². The van der Waals surface area contributed by atoms with Gasteiger partial charge in [-0.05, 0) is 28.1 Å². The molecule has 8 heavy (non-hydrogen) atoms. The van der Waals surface area contributed by atoms with Crippen molar-refractivity contribution in [2.45, 2.75) is 0 Å². The molecule has 0 aliphatic heterocycles. The van der Waals surface area contributed by atoms with Crippen LogP contribution in [0.25, 0.3) is 0 Å². The Balaban J connectivity index is 3.00. The quantitative estimate of drug-likeness (QED) is 0.649. The van der Waals surface area contributed by atoms with E-state index < -0.39 is 0 Å². The lowest BCUT2D eigenvalue weighted by Crippen LogP contribution is -1.65. The van der Waals surface area contributed by atoms with Crippen LogP contribution in [0.5, 0.6) is 0 Å². The van der Waals surface area contributed by atoms with Gasteiger partial charge in [-0.1, -0.05) is 0 Å². The van der Waals surface area contributed by atoms with Crippen LogP contribution in [0.3, 0.4) is 0 Å². The van der Waals surface area contributed by atoms with E-state index in [4.69, 9.17) is 9.83 Å². The molecular formula is C5H4BrNO. The molecule has 0 bridgehead atoms. The second-order valence-electron chi connectivity index (χ2n) is 1.29. The maximum Gasteiger partial charge on any atom is 0.169 e. The molecule has 0 aliphatic carbocycles. The van der Waals surface area contributed by atoms with E-state index in [1.165, 1.54) is 0 Å². The van der Waals surface area contributed by atoms with E-state index in [1.807, 2.05) is 0 Å². The Morgan fingerprint density at radius 2 is 2.38 bits per heavy atom. The van der Waals surface area contributed by atoms with Crippen molar-refractivity contribution >= 4 is 22.1 Å². The van der Waals surface area contributed by atoms with Gasteiger partial charge in [0.25, 0.3) is 0 Å². The molecular weight excluding hydrogens is 170 g/mol. The van der Waals surface area contributed by atoms with Crippen LogP contribution in [0.15, 0.2) is 21.2 Å². The Hall–Kier alpha value is -0.570. The summed E-state index contributed by atoms with van der Waals surface area (Å²) in [4.78, 5) is 0. The molecule has 1 N–H and O–H groups in total. The molecule has 0 unspecified atom stereocenters. The Morgan fingerprint density at radius 1 is 1.62 bits per heavy atom. The van der Waals surface area contributed by atoms with Crippen LogP contribution >= 0.6 is 15.9 Å². The van der Waals surface area contributed by atoms with Crippen molar-refractivity contribution in [3.05, 3.63) is 22.6 Å². The SMILES string of the molecule is N=Cc1ccc(Br)o1. The first-order chi connectivity index (χ1) is 3.83. The van der Waals surface area contributed by atoms with E-state index in [0.717, 1.165) is 6.21 Å². The third-order valence-electron chi connectivity index (χ3n) is 0.736. The highest BCUT2D eigenvalue weighted by Crippen LogP contribution is 2.11. The van der Waals surface area contributed by atoms with Gasteiger partial charge in [0, 0.05) is 0 Å². The molecule has 0 radical (unpaired) electrons. The molecule has 0 amide bonds. The summed E-state index contributed by atoms with van der Waals surface area (Å²) < 4.78 is 5.57. The fraction of sp³-hybridized carbons (Fsp3) is 0. The maximum absolute atomic E-state index is 6.72. The van der Waals surface area contributed by atoms with Crippen molar-refractivity contribution in [2.75, 3.05) is 0 Å². The molecule has 42 valence electrons. The summed E-state index contributed by atoms with van der Waals surface area (Å²) in [5.74, 6) is 0.567. The average molecular weight is 174 g/mol. The first kappa shape index (κ1) is 5.56. The minimum Gasteiger partial charge on any atom is -0.448 e. The van der Waals surface area contributed by atoms with Gasteiger partial charge >= 0.3 is 0 Å². The van der Waals surface area contributed by atoms with E-state index in [1.54, 1.807) is 12.1 Å². The topological polar surface area (TPSA) is 37.0 Å². The van der Waals surface area contributed by atoms with Crippen LogP contribution in [0, 0.1) is 5.41 Å². The first-order valence-electron chi connectivity index (χ1n) is 2.09. The summed E-state index contributed by atoms with van der Waals surface area (Å²) >= 11 is 3.10. The zero-order chi connectivity index (χ0) is 5.98. The van der Waals surface area contributed by atoms with Crippen molar-refractivity contribution < 1.29 is 4.42 Å². The molecule has 1 rings (SSSR count). The lowest BCUT2D eigenvalue weighted by molar-refractivity contribution is 0.534. The molecule has 3 heteroatoms. The zero-order valence-corrected chi connectivity index (χ0v) is 5.60. The summed E-state index contributed by atoms with van der Waals surface area (Å²) in [6.07, 6.45) is 1.16. The summed E-state index contributed by atoms with van der Waals surface area (Å²) in [6.45, 7) is 0. The Morgan fingerprint density at radius 3 is 2.62 bits per heavy atom. The number of nitrogens with one attached hydrogen (secondary N) is 1. The smallest absolute Gasteiger partial charge is 0.169 e. The molecule has 0 saturated carbocycles. The highest BCUT2D eigenvalue weighted by Gasteiger charge is 1.91. The summed E-state index contributed by atoms with van der Waals surface area (Å²) in [7, 11) is 0. The van der Waals surface area contributed by atoms with E-state index in [0.29, 0.717) is 10.4 Å². The van der Waals surface area contributed by atoms with Crippen LogP contribution in [0.4, 0.5) is 0 Å². The normalized spacial score (nSPS) is 9.12. The Kier molecular flexibility index (Phi) is 1.48. The lowest BCUT2D eigenvalue weighted by atomic mass is 10.5. The van der Waals surface area contributed by atoms with Crippen molar-refractivity contribution in [3.63, 3.8) is 0 Å². The molecule has 0 aromatic carbocycles.